The predicted octanol–water partition coefficient (Wildman–Crippen LogP) is 2.29. The summed E-state index contributed by atoms with van der Waals surface area (Å²) in [7, 11) is 0. The van der Waals surface area contributed by atoms with E-state index in [2.05, 4.69) is 20.6 Å². The van der Waals surface area contributed by atoms with Gasteiger partial charge in [0, 0.05) is 5.69 Å². The van der Waals surface area contributed by atoms with E-state index in [9.17, 15) is 5.11 Å². The summed E-state index contributed by atoms with van der Waals surface area (Å²) >= 11 is 0. The van der Waals surface area contributed by atoms with Crippen LogP contribution in [0.5, 0.6) is 5.75 Å². The van der Waals surface area contributed by atoms with Crippen LogP contribution in [0.4, 0.5) is 5.69 Å². The van der Waals surface area contributed by atoms with Crippen LogP contribution in [0.2, 0.25) is 0 Å². The van der Waals surface area contributed by atoms with E-state index in [4.69, 9.17) is 0 Å². The minimum Gasteiger partial charge on any atom is -0.506 e. The van der Waals surface area contributed by atoms with Crippen molar-refractivity contribution in [2.75, 3.05) is 5.32 Å². The van der Waals surface area contributed by atoms with E-state index in [0.29, 0.717) is 12.2 Å². The van der Waals surface area contributed by atoms with Crippen molar-refractivity contribution < 1.29 is 5.11 Å². The Hall–Kier alpha value is -2.89. The number of nitrogens with zero attached hydrogens (tertiary/aromatic N) is 4. The van der Waals surface area contributed by atoms with Gasteiger partial charge in [0.1, 0.15) is 11.4 Å². The molecule has 106 valence electrons. The fourth-order valence-corrected chi connectivity index (χ4v) is 2.07. The van der Waals surface area contributed by atoms with Crippen LogP contribution in [0.1, 0.15) is 11.4 Å². The summed E-state index contributed by atoms with van der Waals surface area (Å²) in [5, 5.41) is 20.9. The highest BCUT2D eigenvalue weighted by atomic mass is 16.3. The van der Waals surface area contributed by atoms with Crippen molar-refractivity contribution >= 4 is 5.69 Å². The highest BCUT2D eigenvalue weighted by molar-refractivity contribution is 5.60. The van der Waals surface area contributed by atoms with E-state index in [1.807, 2.05) is 31.2 Å². The highest BCUT2D eigenvalue weighted by Gasteiger charge is 2.07. The molecule has 0 atom stereocenters. The van der Waals surface area contributed by atoms with E-state index in [1.165, 1.54) is 0 Å². The number of pyridine rings is 1. The zero-order valence-electron chi connectivity index (χ0n) is 11.6. The van der Waals surface area contributed by atoms with Gasteiger partial charge in [-0.25, -0.2) is 4.68 Å². The Morgan fingerprint density at radius 2 is 2.05 bits per heavy atom. The summed E-state index contributed by atoms with van der Waals surface area (Å²) in [6, 6.07) is 11.2. The number of rotatable bonds is 4. The molecule has 2 heterocycles. The Labute approximate surface area is 122 Å². The maximum atomic E-state index is 9.84. The molecule has 21 heavy (non-hydrogen) atoms. The molecule has 0 aliphatic rings. The quantitative estimate of drug-likeness (QED) is 0.767. The van der Waals surface area contributed by atoms with Gasteiger partial charge in [0.05, 0.1) is 30.3 Å². The molecule has 3 rings (SSSR count). The van der Waals surface area contributed by atoms with Crippen molar-refractivity contribution in [1.82, 2.24) is 20.0 Å². The molecule has 0 fully saturated rings. The molecule has 0 aliphatic heterocycles. The van der Waals surface area contributed by atoms with Crippen molar-refractivity contribution in [2.24, 2.45) is 0 Å². The van der Waals surface area contributed by atoms with Crippen molar-refractivity contribution in [2.45, 2.75) is 13.5 Å². The Balaban J connectivity index is 1.84. The molecule has 0 radical (unpaired) electrons. The monoisotopic (exact) mass is 281 g/mol. The van der Waals surface area contributed by atoms with Gasteiger partial charge >= 0.3 is 0 Å². The summed E-state index contributed by atoms with van der Waals surface area (Å²) in [5.74, 6) is 0.186. The Bertz CT molecular complexity index is 740. The van der Waals surface area contributed by atoms with Gasteiger partial charge in [0.2, 0.25) is 0 Å². The third-order valence-electron chi connectivity index (χ3n) is 3.11. The summed E-state index contributed by atoms with van der Waals surface area (Å²) in [6.45, 7) is 2.32. The molecule has 0 saturated heterocycles. The van der Waals surface area contributed by atoms with Crippen LogP contribution in [-0.4, -0.2) is 25.1 Å². The van der Waals surface area contributed by atoms with Crippen molar-refractivity contribution in [3.8, 4) is 11.4 Å². The third-order valence-corrected chi connectivity index (χ3v) is 3.11. The number of hydrogen-bond donors (Lipinski definition) is 2. The molecule has 1 aromatic carbocycles. The number of aryl methyl sites for hydroxylation is 1. The normalized spacial score (nSPS) is 10.5. The second kappa shape index (κ2) is 5.62. The fourth-order valence-electron chi connectivity index (χ4n) is 2.07. The molecule has 0 spiro atoms. The van der Waals surface area contributed by atoms with E-state index in [1.54, 1.807) is 29.2 Å². The lowest BCUT2D eigenvalue weighted by atomic mass is 10.2. The molecule has 0 unspecified atom stereocenters. The molecular weight excluding hydrogens is 266 g/mol. The predicted molar refractivity (Wildman–Crippen MR) is 79.3 cm³/mol. The number of benzene rings is 1. The maximum Gasteiger partial charge on any atom is 0.138 e. The minimum absolute atomic E-state index is 0.186. The van der Waals surface area contributed by atoms with Gasteiger partial charge in [-0.05, 0) is 31.2 Å². The molecule has 0 saturated carbocycles. The summed E-state index contributed by atoms with van der Waals surface area (Å²) < 4.78 is 1.69. The third kappa shape index (κ3) is 2.84. The summed E-state index contributed by atoms with van der Waals surface area (Å²) in [5.41, 5.74) is 3.27. The Morgan fingerprint density at radius 3 is 2.86 bits per heavy atom. The average Bonchev–Trinajstić information content (AvgIpc) is 3.03. The fraction of sp³-hybridized carbons (Fsp3) is 0.133. The first-order valence-corrected chi connectivity index (χ1v) is 6.59. The number of nitrogens with one attached hydrogen (secondary N) is 1. The molecule has 0 amide bonds. The van der Waals surface area contributed by atoms with Crippen LogP contribution < -0.4 is 5.32 Å². The topological polar surface area (TPSA) is 75.9 Å². The van der Waals surface area contributed by atoms with Crippen LogP contribution in [0.15, 0.2) is 48.8 Å². The SMILES string of the molecule is Cc1ccc(O)c(CNc2ccccc2-n2ccnn2)n1. The second-order valence-corrected chi connectivity index (χ2v) is 4.64. The first kappa shape index (κ1) is 13.1. The molecule has 0 bridgehead atoms. The minimum atomic E-state index is 0.186. The first-order chi connectivity index (χ1) is 10.2. The maximum absolute atomic E-state index is 9.84. The molecule has 6 nitrogen and oxygen atoms in total. The number of aromatic nitrogens is 4. The van der Waals surface area contributed by atoms with Crippen molar-refractivity contribution in [3.05, 3.63) is 60.2 Å². The number of anilines is 1. The van der Waals surface area contributed by atoms with Gasteiger partial charge in [-0.1, -0.05) is 17.3 Å². The van der Waals surface area contributed by atoms with Gasteiger partial charge in [-0.3, -0.25) is 4.98 Å². The number of hydrogen-bond acceptors (Lipinski definition) is 5. The zero-order valence-corrected chi connectivity index (χ0v) is 11.6. The standard InChI is InChI=1S/C15H15N5O/c1-11-6-7-15(21)13(18-11)10-16-12-4-2-3-5-14(12)20-9-8-17-19-20/h2-9,16,21H,10H2,1H3. The first-order valence-electron chi connectivity index (χ1n) is 6.59. The van der Waals surface area contributed by atoms with Gasteiger partial charge in [-0.15, -0.1) is 5.10 Å². The van der Waals surface area contributed by atoms with Gasteiger partial charge in [-0.2, -0.15) is 0 Å². The van der Waals surface area contributed by atoms with Crippen LogP contribution in [-0.2, 0) is 6.54 Å². The lowest BCUT2D eigenvalue weighted by Crippen LogP contribution is -2.06. The molecule has 0 aliphatic carbocycles. The van der Waals surface area contributed by atoms with Gasteiger partial charge < -0.3 is 10.4 Å². The lowest BCUT2D eigenvalue weighted by molar-refractivity contribution is 0.464. The Kier molecular flexibility index (Phi) is 3.51. The zero-order chi connectivity index (χ0) is 14.7. The summed E-state index contributed by atoms with van der Waals surface area (Å²) in [6.07, 6.45) is 3.41. The largest absolute Gasteiger partial charge is 0.506 e. The van der Waals surface area contributed by atoms with Crippen molar-refractivity contribution in [3.63, 3.8) is 0 Å². The lowest BCUT2D eigenvalue weighted by Gasteiger charge is -2.12. The van der Waals surface area contributed by atoms with E-state index >= 15 is 0 Å². The molecular formula is C15H15N5O. The summed E-state index contributed by atoms with van der Waals surface area (Å²) in [4.78, 5) is 4.33. The molecule has 3 aromatic rings. The molecule has 2 aromatic heterocycles. The van der Waals surface area contributed by atoms with Crippen LogP contribution >= 0.6 is 0 Å². The smallest absolute Gasteiger partial charge is 0.138 e. The van der Waals surface area contributed by atoms with E-state index < -0.39 is 0 Å². The van der Waals surface area contributed by atoms with Crippen LogP contribution in [0, 0.1) is 6.92 Å². The van der Waals surface area contributed by atoms with Gasteiger partial charge in [0.15, 0.2) is 0 Å². The van der Waals surface area contributed by atoms with E-state index in [-0.39, 0.29) is 5.75 Å². The number of aromatic hydroxyl groups is 1. The van der Waals surface area contributed by atoms with Gasteiger partial charge in [0.25, 0.3) is 0 Å². The van der Waals surface area contributed by atoms with Crippen molar-refractivity contribution in [1.29, 1.82) is 0 Å². The van der Waals surface area contributed by atoms with E-state index in [0.717, 1.165) is 17.1 Å². The number of para-hydroxylation sites is 2. The molecule has 6 heteroatoms. The average molecular weight is 281 g/mol. The van der Waals surface area contributed by atoms with Crippen LogP contribution in [0.3, 0.4) is 0 Å². The van der Waals surface area contributed by atoms with Crippen LogP contribution in [0.25, 0.3) is 5.69 Å². The highest BCUT2D eigenvalue weighted by Crippen LogP contribution is 2.21. The Morgan fingerprint density at radius 1 is 1.19 bits per heavy atom. The molecule has 2 N–H and O–H groups in total. The second-order valence-electron chi connectivity index (χ2n) is 4.64.